The van der Waals surface area contributed by atoms with Gasteiger partial charge in [-0.1, -0.05) is 0 Å². The predicted molar refractivity (Wildman–Crippen MR) is 126 cm³/mol. The Hall–Kier alpha value is -3.32. The lowest BCUT2D eigenvalue weighted by Crippen LogP contribution is -2.47. The van der Waals surface area contributed by atoms with Gasteiger partial charge in [-0.05, 0) is 27.2 Å². The van der Waals surface area contributed by atoms with Gasteiger partial charge in [0.15, 0.2) is 11.6 Å². The number of nitrogens with one attached hydrogen (secondary N) is 1. The van der Waals surface area contributed by atoms with Gasteiger partial charge in [0, 0.05) is 44.1 Å². The monoisotopic (exact) mass is 490 g/mol. The van der Waals surface area contributed by atoms with E-state index in [1.54, 1.807) is 20.8 Å². The summed E-state index contributed by atoms with van der Waals surface area (Å²) in [5.74, 6) is -0.450. The van der Waals surface area contributed by atoms with Gasteiger partial charge in [0.25, 0.3) is 0 Å². The number of nitrogen functional groups attached to an aromatic ring is 1. The van der Waals surface area contributed by atoms with Crippen molar-refractivity contribution in [1.29, 1.82) is 0 Å². The van der Waals surface area contributed by atoms with Crippen molar-refractivity contribution in [3.63, 3.8) is 0 Å². The highest BCUT2D eigenvalue weighted by Crippen LogP contribution is 2.32. The Morgan fingerprint density at radius 3 is 2.57 bits per heavy atom. The number of nitrogens with zero attached hydrogens (tertiary/aromatic N) is 6. The molecule has 13 heteroatoms. The zero-order valence-electron chi connectivity index (χ0n) is 20.1. The third kappa shape index (κ3) is 5.68. The van der Waals surface area contributed by atoms with Crippen LogP contribution in [-0.2, 0) is 9.47 Å². The number of halogens is 1. The van der Waals surface area contributed by atoms with Crippen LogP contribution in [0.25, 0.3) is 11.3 Å². The van der Waals surface area contributed by atoms with Crippen LogP contribution in [0.4, 0.5) is 26.9 Å². The molecule has 35 heavy (non-hydrogen) atoms. The Morgan fingerprint density at radius 2 is 1.94 bits per heavy atom. The van der Waals surface area contributed by atoms with Crippen molar-refractivity contribution in [2.45, 2.75) is 38.3 Å². The third-order valence-corrected chi connectivity index (χ3v) is 5.77. The number of aliphatic hydroxyl groups excluding tert-OH is 1. The minimum atomic E-state index is -1.01. The van der Waals surface area contributed by atoms with Crippen LogP contribution in [0, 0.1) is 5.82 Å². The van der Waals surface area contributed by atoms with Gasteiger partial charge in [-0.2, -0.15) is 4.98 Å². The maximum absolute atomic E-state index is 15.7. The van der Waals surface area contributed by atoms with Gasteiger partial charge in [-0.15, -0.1) is 0 Å². The van der Waals surface area contributed by atoms with Crippen LogP contribution >= 0.6 is 0 Å². The molecule has 0 spiro atoms. The fourth-order valence-electron chi connectivity index (χ4n) is 3.95. The summed E-state index contributed by atoms with van der Waals surface area (Å²) >= 11 is 0. The number of nitrogens with two attached hydrogens (primary N) is 1. The van der Waals surface area contributed by atoms with Crippen molar-refractivity contribution in [2.24, 2.45) is 0 Å². The smallest absolute Gasteiger partial charge is 0.410 e. The lowest BCUT2D eigenvalue weighted by Gasteiger charge is -2.31. The summed E-state index contributed by atoms with van der Waals surface area (Å²) in [5.41, 5.74) is 4.25. The molecule has 2 aromatic heterocycles. The summed E-state index contributed by atoms with van der Waals surface area (Å²) in [6, 6.07) is 0. The predicted octanol–water partition coefficient (Wildman–Crippen LogP) is 1.28. The number of amides is 1. The highest BCUT2D eigenvalue weighted by atomic mass is 19.1. The number of hydrogen-bond donors (Lipinski definition) is 3. The fraction of sp³-hybridized carbons (Fsp3) is 0.591. The quantitative estimate of drug-likeness (QED) is 0.556. The van der Waals surface area contributed by atoms with Crippen LogP contribution in [-0.4, -0.2) is 93.2 Å². The second-order valence-corrected chi connectivity index (χ2v) is 9.68. The molecule has 4 N–H and O–H groups in total. The number of ether oxygens (including phenoxy) is 2. The fourth-order valence-corrected chi connectivity index (χ4v) is 3.95. The Labute approximate surface area is 202 Å². The van der Waals surface area contributed by atoms with Crippen molar-refractivity contribution >= 4 is 23.8 Å². The zero-order valence-corrected chi connectivity index (χ0v) is 20.1. The number of rotatable bonds is 5. The molecule has 4 heterocycles. The van der Waals surface area contributed by atoms with E-state index in [2.05, 4.69) is 25.3 Å². The maximum Gasteiger partial charge on any atom is 0.410 e. The molecule has 0 saturated carbocycles. The highest BCUT2D eigenvalue weighted by Gasteiger charge is 2.42. The van der Waals surface area contributed by atoms with E-state index >= 15 is 4.39 Å². The molecule has 0 aromatic carbocycles. The number of morpholine rings is 1. The molecule has 1 amide bonds. The molecule has 0 bridgehead atoms. The minimum absolute atomic E-state index is 0.000855. The van der Waals surface area contributed by atoms with Crippen LogP contribution in [0.5, 0.6) is 0 Å². The van der Waals surface area contributed by atoms with Gasteiger partial charge in [0.2, 0.25) is 11.9 Å². The van der Waals surface area contributed by atoms with Crippen LogP contribution in [0.3, 0.4) is 0 Å². The maximum atomic E-state index is 15.7. The summed E-state index contributed by atoms with van der Waals surface area (Å²) in [4.78, 5) is 32.7. The van der Waals surface area contributed by atoms with Crippen LogP contribution < -0.4 is 16.0 Å². The van der Waals surface area contributed by atoms with Gasteiger partial charge in [-0.25, -0.2) is 24.1 Å². The van der Waals surface area contributed by atoms with Crippen molar-refractivity contribution in [3.8, 4) is 11.3 Å². The molecule has 2 fully saturated rings. The van der Waals surface area contributed by atoms with Crippen molar-refractivity contribution in [2.75, 3.05) is 62.0 Å². The van der Waals surface area contributed by atoms with Gasteiger partial charge in [-0.3, -0.25) is 0 Å². The first kappa shape index (κ1) is 24.8. The minimum Gasteiger partial charge on any atom is -0.444 e. The Balaban J connectivity index is 1.66. The van der Waals surface area contributed by atoms with E-state index < -0.39 is 23.1 Å². The van der Waals surface area contributed by atoms with Gasteiger partial charge in [0.05, 0.1) is 25.4 Å². The number of carbonyl (C=O) groups excluding carboxylic acids is 1. The van der Waals surface area contributed by atoms with E-state index in [9.17, 15) is 9.90 Å². The number of carbonyl (C=O) groups is 1. The number of likely N-dealkylation sites (tertiary alicyclic amines) is 1. The molecule has 0 radical (unpaired) electrons. The van der Waals surface area contributed by atoms with E-state index in [0.717, 1.165) is 0 Å². The molecule has 0 aliphatic carbocycles. The van der Waals surface area contributed by atoms with E-state index in [0.29, 0.717) is 50.8 Å². The third-order valence-electron chi connectivity index (χ3n) is 5.77. The number of anilines is 3. The van der Waals surface area contributed by atoms with Crippen molar-refractivity contribution in [3.05, 3.63) is 18.2 Å². The summed E-state index contributed by atoms with van der Waals surface area (Å²) in [6.07, 6.45) is 2.66. The second-order valence-electron chi connectivity index (χ2n) is 9.68. The van der Waals surface area contributed by atoms with E-state index in [1.165, 1.54) is 17.3 Å². The molecule has 0 unspecified atom stereocenters. The SMILES string of the molecule is CC(C)(C)OC(=O)N1CC[C@](CO)(Nc2nc(N3CCOCC3)nc(-c3cnc(N)nc3)c2F)C1. The van der Waals surface area contributed by atoms with E-state index in [-0.39, 0.29) is 30.6 Å². The number of hydrogen-bond acceptors (Lipinski definition) is 11. The molecular formula is C22H31FN8O4. The number of aromatic nitrogens is 4. The first-order chi connectivity index (χ1) is 16.6. The van der Waals surface area contributed by atoms with Crippen molar-refractivity contribution < 1.29 is 23.8 Å². The molecule has 190 valence electrons. The van der Waals surface area contributed by atoms with Gasteiger partial charge >= 0.3 is 6.09 Å². The topological polar surface area (TPSA) is 152 Å². The van der Waals surface area contributed by atoms with E-state index in [4.69, 9.17) is 15.2 Å². The lowest BCUT2D eigenvalue weighted by atomic mass is 10.00. The first-order valence-electron chi connectivity index (χ1n) is 11.4. The molecule has 2 saturated heterocycles. The molecule has 2 aliphatic heterocycles. The summed E-state index contributed by atoms with van der Waals surface area (Å²) in [6.45, 7) is 7.53. The highest BCUT2D eigenvalue weighted by molar-refractivity contribution is 5.69. The standard InChI is InChI=1S/C22H31FN8O4/c1-21(2,3)35-20(33)31-5-4-22(12-31,13-32)29-17-15(23)16(14-10-25-18(24)26-11-14)27-19(28-17)30-6-8-34-9-7-30/h10-11,32H,4-9,12-13H2,1-3H3,(H2,24,25,26)(H,27,28,29)/t22-/m0/s1. The largest absolute Gasteiger partial charge is 0.444 e. The second kappa shape index (κ2) is 9.74. The van der Waals surface area contributed by atoms with E-state index in [1.807, 2.05) is 4.90 Å². The normalized spacial score (nSPS) is 20.7. The first-order valence-corrected chi connectivity index (χ1v) is 11.4. The Morgan fingerprint density at radius 1 is 1.26 bits per heavy atom. The lowest BCUT2D eigenvalue weighted by molar-refractivity contribution is 0.0281. The molecule has 4 rings (SSSR count). The average molecular weight is 491 g/mol. The molecule has 2 aliphatic rings. The Kier molecular flexibility index (Phi) is 6.90. The van der Waals surface area contributed by atoms with Crippen LogP contribution in [0.1, 0.15) is 27.2 Å². The van der Waals surface area contributed by atoms with Crippen LogP contribution in [0.15, 0.2) is 12.4 Å². The van der Waals surface area contributed by atoms with Crippen molar-refractivity contribution in [1.82, 2.24) is 24.8 Å². The molecule has 12 nitrogen and oxygen atoms in total. The Bertz CT molecular complexity index is 1060. The molecule has 1 atom stereocenters. The summed E-state index contributed by atoms with van der Waals surface area (Å²) in [7, 11) is 0. The van der Waals surface area contributed by atoms with Gasteiger partial charge in [0.1, 0.15) is 11.3 Å². The zero-order chi connectivity index (χ0) is 25.2. The average Bonchev–Trinajstić information content (AvgIpc) is 3.25. The number of aliphatic hydroxyl groups is 1. The molecular weight excluding hydrogens is 459 g/mol. The van der Waals surface area contributed by atoms with Crippen LogP contribution in [0.2, 0.25) is 0 Å². The summed E-state index contributed by atoms with van der Waals surface area (Å²) in [5, 5.41) is 13.3. The summed E-state index contributed by atoms with van der Waals surface area (Å²) < 4.78 is 26.6. The molecule has 2 aromatic rings. The van der Waals surface area contributed by atoms with Gasteiger partial charge < -0.3 is 35.4 Å².